The first-order valence-electron chi connectivity index (χ1n) is 17.9. The second-order valence-corrected chi connectivity index (χ2v) is 15.5. The smallest absolute Gasteiger partial charge is 0.165 e. The number of fused-ring (bicyclic) bond motifs is 8. The lowest BCUT2D eigenvalue weighted by Gasteiger charge is -2.10. The Morgan fingerprint density at radius 3 is 1.70 bits per heavy atom. The molecule has 11 aromatic rings. The fourth-order valence-corrected chi connectivity index (χ4v) is 9.95. The maximum absolute atomic E-state index is 5.22. The molecule has 0 atom stereocenters. The summed E-state index contributed by atoms with van der Waals surface area (Å²) >= 11 is 3.63. The number of thiophene rings is 2. The number of hydrogen-bond acceptors (Lipinski definition) is 6. The Labute approximate surface area is 318 Å². The number of para-hydroxylation sites is 1. The number of pyridine rings is 1. The standard InChI is InChI=1S/C48H28N4S2/c1-3-12-30(13-4-1)43-42-38-28-33(26-27-41(38)54-45(42)36-17-7-9-20-39(36)49-43)29-22-24-32(25-23-29)47-50-46(31-14-5-2-6-15-31)51-48(52-47)37-19-11-18-35-34-16-8-10-21-40(34)53-44(35)37/h1-28H. The highest BCUT2D eigenvalue weighted by atomic mass is 32.1. The van der Waals surface area contributed by atoms with E-state index in [0.29, 0.717) is 17.5 Å². The van der Waals surface area contributed by atoms with Gasteiger partial charge in [-0.1, -0.05) is 140 Å². The average molecular weight is 725 g/mol. The molecular formula is C48H28N4S2. The number of hydrogen-bond donors (Lipinski definition) is 0. The maximum Gasteiger partial charge on any atom is 0.165 e. The summed E-state index contributed by atoms with van der Waals surface area (Å²) in [4.78, 5) is 20.4. The maximum atomic E-state index is 5.22. The Hall–Kier alpha value is -6.60. The molecule has 0 N–H and O–H groups in total. The van der Waals surface area contributed by atoms with Gasteiger partial charge in [-0.05, 0) is 41.5 Å². The molecule has 54 heavy (non-hydrogen) atoms. The van der Waals surface area contributed by atoms with Crippen LogP contribution in [0.5, 0.6) is 0 Å². The highest BCUT2D eigenvalue weighted by molar-refractivity contribution is 7.27. The van der Waals surface area contributed by atoms with Crippen molar-refractivity contribution in [3.8, 4) is 56.5 Å². The summed E-state index contributed by atoms with van der Waals surface area (Å²) in [6.07, 6.45) is 0. The zero-order valence-electron chi connectivity index (χ0n) is 28.8. The predicted octanol–water partition coefficient (Wildman–Crippen LogP) is 13.5. The normalized spacial score (nSPS) is 11.7. The van der Waals surface area contributed by atoms with E-state index < -0.39 is 0 Å². The van der Waals surface area contributed by atoms with Crippen molar-refractivity contribution < 1.29 is 0 Å². The highest BCUT2D eigenvalue weighted by Gasteiger charge is 2.19. The van der Waals surface area contributed by atoms with Crippen LogP contribution in [0.25, 0.3) is 108 Å². The van der Waals surface area contributed by atoms with Gasteiger partial charge in [-0.25, -0.2) is 19.9 Å². The van der Waals surface area contributed by atoms with Crippen LogP contribution in [-0.4, -0.2) is 19.9 Å². The first-order valence-corrected chi connectivity index (χ1v) is 19.5. The van der Waals surface area contributed by atoms with Crippen LogP contribution in [0, 0.1) is 0 Å². The van der Waals surface area contributed by atoms with Gasteiger partial charge in [-0.15, -0.1) is 22.7 Å². The number of benzene rings is 7. The average Bonchev–Trinajstić information content (AvgIpc) is 3.83. The topological polar surface area (TPSA) is 51.6 Å². The molecule has 0 saturated heterocycles. The van der Waals surface area contributed by atoms with E-state index in [1.165, 1.54) is 45.7 Å². The molecule has 0 bridgehead atoms. The van der Waals surface area contributed by atoms with E-state index in [4.69, 9.17) is 19.9 Å². The van der Waals surface area contributed by atoms with Crippen molar-refractivity contribution in [1.82, 2.24) is 19.9 Å². The largest absolute Gasteiger partial charge is 0.247 e. The monoisotopic (exact) mass is 724 g/mol. The zero-order chi connectivity index (χ0) is 35.6. The highest BCUT2D eigenvalue weighted by Crippen LogP contribution is 2.44. The van der Waals surface area contributed by atoms with Gasteiger partial charge in [0, 0.05) is 68.0 Å². The molecular weight excluding hydrogens is 697 g/mol. The Kier molecular flexibility index (Phi) is 7.18. The number of aromatic nitrogens is 4. The summed E-state index contributed by atoms with van der Waals surface area (Å²) in [5, 5.41) is 6.09. The molecule has 7 aromatic carbocycles. The third kappa shape index (κ3) is 5.11. The van der Waals surface area contributed by atoms with E-state index in [1.807, 2.05) is 29.5 Å². The van der Waals surface area contributed by atoms with E-state index >= 15 is 0 Å². The lowest BCUT2D eigenvalue weighted by Crippen LogP contribution is -2.00. The van der Waals surface area contributed by atoms with Crippen molar-refractivity contribution in [2.45, 2.75) is 0 Å². The summed E-state index contributed by atoms with van der Waals surface area (Å²) in [5.74, 6) is 1.97. The minimum Gasteiger partial charge on any atom is -0.247 e. The molecule has 0 aliphatic carbocycles. The van der Waals surface area contributed by atoms with Crippen molar-refractivity contribution >= 4 is 73.9 Å². The van der Waals surface area contributed by atoms with Gasteiger partial charge >= 0.3 is 0 Å². The van der Waals surface area contributed by atoms with Gasteiger partial charge in [-0.3, -0.25) is 0 Å². The first-order chi connectivity index (χ1) is 26.7. The van der Waals surface area contributed by atoms with Crippen LogP contribution in [0.1, 0.15) is 0 Å². The Bertz CT molecular complexity index is 3200. The molecule has 0 amide bonds. The summed E-state index contributed by atoms with van der Waals surface area (Å²) in [6.45, 7) is 0. The first kappa shape index (κ1) is 31.0. The van der Waals surface area contributed by atoms with Crippen LogP contribution in [0.2, 0.25) is 0 Å². The molecule has 4 heterocycles. The van der Waals surface area contributed by atoms with E-state index in [9.17, 15) is 0 Å². The van der Waals surface area contributed by atoms with Crippen molar-refractivity contribution in [3.63, 3.8) is 0 Å². The SMILES string of the molecule is c1ccc(-c2nc(-c3ccc(-c4ccc5sc6c7ccccc7nc(-c7ccccc7)c6c5c4)cc3)nc(-c3cccc4c3sc3ccccc34)n2)cc1. The van der Waals surface area contributed by atoms with Crippen molar-refractivity contribution in [2.24, 2.45) is 0 Å². The van der Waals surface area contributed by atoms with Gasteiger partial charge in [0.25, 0.3) is 0 Å². The molecule has 0 spiro atoms. The van der Waals surface area contributed by atoms with E-state index in [1.54, 1.807) is 11.3 Å². The fourth-order valence-electron chi connectivity index (χ4n) is 7.52. The van der Waals surface area contributed by atoms with Gasteiger partial charge < -0.3 is 0 Å². The Morgan fingerprint density at radius 2 is 0.907 bits per heavy atom. The molecule has 0 aliphatic rings. The van der Waals surface area contributed by atoms with Gasteiger partial charge in [0.05, 0.1) is 11.2 Å². The minimum atomic E-state index is 0.647. The van der Waals surface area contributed by atoms with E-state index in [-0.39, 0.29) is 0 Å². The summed E-state index contributed by atoms with van der Waals surface area (Å²) in [7, 11) is 0. The van der Waals surface area contributed by atoms with Crippen LogP contribution < -0.4 is 0 Å². The molecule has 0 unspecified atom stereocenters. The molecule has 4 aromatic heterocycles. The van der Waals surface area contributed by atoms with E-state index in [2.05, 4.69) is 152 Å². The second kappa shape index (κ2) is 12.5. The van der Waals surface area contributed by atoms with Gasteiger partial charge in [-0.2, -0.15) is 0 Å². The van der Waals surface area contributed by atoms with Crippen LogP contribution >= 0.6 is 22.7 Å². The second-order valence-electron chi connectivity index (χ2n) is 13.4. The molecule has 6 heteroatoms. The molecule has 11 rings (SSSR count). The molecule has 0 aliphatic heterocycles. The van der Waals surface area contributed by atoms with Crippen molar-refractivity contribution in [3.05, 3.63) is 170 Å². The predicted molar refractivity (Wildman–Crippen MR) is 228 cm³/mol. The zero-order valence-corrected chi connectivity index (χ0v) is 30.4. The Balaban J connectivity index is 1.04. The van der Waals surface area contributed by atoms with Crippen LogP contribution in [0.4, 0.5) is 0 Å². The van der Waals surface area contributed by atoms with Gasteiger partial charge in [0.1, 0.15) is 0 Å². The third-order valence-corrected chi connectivity index (χ3v) is 12.6. The Morgan fingerprint density at radius 1 is 0.333 bits per heavy atom. The summed E-state index contributed by atoms with van der Waals surface area (Å²) in [5.41, 5.74) is 8.35. The lowest BCUT2D eigenvalue weighted by molar-refractivity contribution is 1.08. The van der Waals surface area contributed by atoms with Gasteiger partial charge in [0.2, 0.25) is 0 Å². The fraction of sp³-hybridized carbons (Fsp3) is 0. The van der Waals surface area contributed by atoms with E-state index in [0.717, 1.165) is 44.6 Å². The molecule has 4 nitrogen and oxygen atoms in total. The molecule has 0 radical (unpaired) electrons. The van der Waals surface area contributed by atoms with Crippen LogP contribution in [0.3, 0.4) is 0 Å². The summed E-state index contributed by atoms with van der Waals surface area (Å²) < 4.78 is 4.96. The number of rotatable bonds is 5. The molecule has 0 fully saturated rings. The lowest BCUT2D eigenvalue weighted by atomic mass is 9.99. The molecule has 252 valence electrons. The molecule has 0 saturated carbocycles. The van der Waals surface area contributed by atoms with Crippen LogP contribution in [0.15, 0.2) is 170 Å². The quantitative estimate of drug-likeness (QED) is 0.177. The van der Waals surface area contributed by atoms with Gasteiger partial charge in [0.15, 0.2) is 17.5 Å². The minimum absolute atomic E-state index is 0.647. The summed E-state index contributed by atoms with van der Waals surface area (Å²) in [6, 6.07) is 59.6. The van der Waals surface area contributed by atoms with Crippen molar-refractivity contribution in [1.29, 1.82) is 0 Å². The van der Waals surface area contributed by atoms with Crippen LogP contribution in [-0.2, 0) is 0 Å². The number of nitrogens with zero attached hydrogens (tertiary/aromatic N) is 4. The van der Waals surface area contributed by atoms with Crippen molar-refractivity contribution in [2.75, 3.05) is 0 Å². The third-order valence-electron chi connectivity index (χ3n) is 10.1.